The van der Waals surface area contributed by atoms with E-state index in [4.69, 9.17) is 5.73 Å². The van der Waals surface area contributed by atoms with Crippen molar-refractivity contribution in [1.82, 2.24) is 0 Å². The van der Waals surface area contributed by atoms with Crippen LogP contribution in [0.2, 0.25) is 0 Å². The molecule has 2 aromatic carbocycles. The summed E-state index contributed by atoms with van der Waals surface area (Å²) in [5, 5.41) is 10.6. The number of aliphatic hydroxyl groups excluding tert-OH is 1. The molecule has 2 unspecified atom stereocenters. The average molecular weight is 283 g/mol. The average Bonchev–Trinajstić information content (AvgIpc) is 2.48. The van der Waals surface area contributed by atoms with Gasteiger partial charge in [0.1, 0.15) is 0 Å². The fraction of sp³-hybridized carbons (Fsp3) is 0.368. The Morgan fingerprint density at radius 3 is 1.95 bits per heavy atom. The molecule has 0 aliphatic heterocycles. The van der Waals surface area contributed by atoms with E-state index >= 15 is 0 Å². The van der Waals surface area contributed by atoms with E-state index in [2.05, 4.69) is 32.9 Å². The maximum atomic E-state index is 10.6. The minimum atomic E-state index is -0.577. The third kappa shape index (κ3) is 3.72. The van der Waals surface area contributed by atoms with E-state index in [9.17, 15) is 5.11 Å². The van der Waals surface area contributed by atoms with Crippen LogP contribution >= 0.6 is 0 Å². The Bertz CT molecular complexity index is 554. The van der Waals surface area contributed by atoms with Crippen LogP contribution < -0.4 is 5.73 Å². The van der Waals surface area contributed by atoms with Crippen LogP contribution in [0.1, 0.15) is 49.5 Å². The molecule has 0 spiro atoms. The van der Waals surface area contributed by atoms with Crippen molar-refractivity contribution in [2.75, 3.05) is 6.54 Å². The Labute approximate surface area is 127 Å². The smallest absolute Gasteiger partial charge is 0.0870 e. The molecule has 0 saturated heterocycles. The SMILES string of the molecule is CC(C)(C)c1ccc(C(O)C(CN)c2ccccc2)cc1. The summed E-state index contributed by atoms with van der Waals surface area (Å²) in [4.78, 5) is 0. The first-order chi connectivity index (χ1) is 9.93. The zero-order valence-corrected chi connectivity index (χ0v) is 13.1. The molecule has 2 aromatic rings. The predicted molar refractivity (Wildman–Crippen MR) is 88.3 cm³/mol. The maximum absolute atomic E-state index is 10.6. The Balaban J connectivity index is 2.24. The largest absolute Gasteiger partial charge is 0.388 e. The first-order valence-electron chi connectivity index (χ1n) is 7.47. The van der Waals surface area contributed by atoms with E-state index in [1.807, 2.05) is 42.5 Å². The lowest BCUT2D eigenvalue weighted by atomic mass is 9.84. The van der Waals surface area contributed by atoms with Gasteiger partial charge in [0.05, 0.1) is 6.10 Å². The van der Waals surface area contributed by atoms with Crippen LogP contribution in [-0.4, -0.2) is 11.7 Å². The summed E-state index contributed by atoms with van der Waals surface area (Å²) in [5.74, 6) is -0.0771. The molecule has 0 bridgehead atoms. The summed E-state index contributed by atoms with van der Waals surface area (Å²) < 4.78 is 0. The second kappa shape index (κ2) is 6.42. The second-order valence-corrected chi connectivity index (χ2v) is 6.57. The Morgan fingerprint density at radius 1 is 0.905 bits per heavy atom. The number of benzene rings is 2. The summed E-state index contributed by atoms with van der Waals surface area (Å²) >= 11 is 0. The zero-order chi connectivity index (χ0) is 15.5. The number of hydrogen-bond donors (Lipinski definition) is 2. The van der Waals surface area contributed by atoms with Crippen molar-refractivity contribution in [1.29, 1.82) is 0 Å². The third-order valence-electron chi connectivity index (χ3n) is 3.98. The molecule has 0 saturated carbocycles. The molecule has 0 aromatic heterocycles. The number of nitrogens with two attached hydrogens (primary N) is 1. The van der Waals surface area contributed by atoms with Crippen LogP contribution in [0.5, 0.6) is 0 Å². The van der Waals surface area contributed by atoms with Crippen LogP contribution in [0.25, 0.3) is 0 Å². The van der Waals surface area contributed by atoms with Crippen molar-refractivity contribution in [3.8, 4) is 0 Å². The van der Waals surface area contributed by atoms with Crippen LogP contribution in [0, 0.1) is 0 Å². The van der Waals surface area contributed by atoms with E-state index in [1.165, 1.54) is 5.56 Å². The summed E-state index contributed by atoms with van der Waals surface area (Å²) in [6.45, 7) is 6.98. The van der Waals surface area contributed by atoms with Gasteiger partial charge in [0.2, 0.25) is 0 Å². The van der Waals surface area contributed by atoms with E-state index in [0.29, 0.717) is 6.54 Å². The molecule has 0 aliphatic rings. The van der Waals surface area contributed by atoms with E-state index in [1.54, 1.807) is 0 Å². The quantitative estimate of drug-likeness (QED) is 0.897. The normalized spacial score (nSPS) is 14.7. The highest BCUT2D eigenvalue weighted by Crippen LogP contribution is 2.31. The van der Waals surface area contributed by atoms with Crippen molar-refractivity contribution < 1.29 is 5.11 Å². The van der Waals surface area contributed by atoms with E-state index in [-0.39, 0.29) is 11.3 Å². The van der Waals surface area contributed by atoms with Crippen LogP contribution in [0.4, 0.5) is 0 Å². The lowest BCUT2D eigenvalue weighted by Gasteiger charge is -2.24. The van der Waals surface area contributed by atoms with Crippen LogP contribution in [0.3, 0.4) is 0 Å². The molecule has 2 rings (SSSR count). The maximum Gasteiger partial charge on any atom is 0.0870 e. The number of hydrogen-bond acceptors (Lipinski definition) is 2. The minimum absolute atomic E-state index is 0.0771. The van der Waals surface area contributed by atoms with Crippen LogP contribution in [-0.2, 0) is 5.41 Å². The first kappa shape index (κ1) is 15.7. The lowest BCUT2D eigenvalue weighted by Crippen LogP contribution is -2.20. The molecule has 0 heterocycles. The second-order valence-electron chi connectivity index (χ2n) is 6.57. The molecule has 2 nitrogen and oxygen atoms in total. The number of rotatable bonds is 4. The molecule has 21 heavy (non-hydrogen) atoms. The monoisotopic (exact) mass is 283 g/mol. The van der Waals surface area contributed by atoms with Crippen LogP contribution in [0.15, 0.2) is 54.6 Å². The van der Waals surface area contributed by atoms with Gasteiger partial charge in [-0.15, -0.1) is 0 Å². The topological polar surface area (TPSA) is 46.2 Å². The molecule has 3 N–H and O–H groups in total. The van der Waals surface area contributed by atoms with Gasteiger partial charge in [-0.3, -0.25) is 0 Å². The lowest BCUT2D eigenvalue weighted by molar-refractivity contribution is 0.147. The summed E-state index contributed by atoms with van der Waals surface area (Å²) in [5.41, 5.74) is 9.26. The Kier molecular flexibility index (Phi) is 4.81. The van der Waals surface area contributed by atoms with Gasteiger partial charge in [-0.1, -0.05) is 75.4 Å². The van der Waals surface area contributed by atoms with E-state index in [0.717, 1.165) is 11.1 Å². The minimum Gasteiger partial charge on any atom is -0.388 e. The van der Waals surface area contributed by atoms with Gasteiger partial charge in [-0.2, -0.15) is 0 Å². The van der Waals surface area contributed by atoms with Gasteiger partial charge in [0, 0.05) is 12.5 Å². The zero-order valence-electron chi connectivity index (χ0n) is 13.1. The summed E-state index contributed by atoms with van der Waals surface area (Å²) in [6, 6.07) is 18.2. The molecule has 0 aliphatic carbocycles. The van der Waals surface area contributed by atoms with E-state index < -0.39 is 6.10 Å². The van der Waals surface area contributed by atoms with Gasteiger partial charge in [0.25, 0.3) is 0 Å². The van der Waals surface area contributed by atoms with Gasteiger partial charge in [0.15, 0.2) is 0 Å². The molecule has 2 heteroatoms. The van der Waals surface area contributed by atoms with Crippen molar-refractivity contribution in [2.24, 2.45) is 5.73 Å². The molecule has 112 valence electrons. The summed E-state index contributed by atoms with van der Waals surface area (Å²) in [6.07, 6.45) is -0.577. The molecule has 0 radical (unpaired) electrons. The highest BCUT2D eigenvalue weighted by Gasteiger charge is 2.22. The Morgan fingerprint density at radius 2 is 1.48 bits per heavy atom. The van der Waals surface area contributed by atoms with Gasteiger partial charge in [-0.25, -0.2) is 0 Å². The third-order valence-corrected chi connectivity index (χ3v) is 3.98. The fourth-order valence-electron chi connectivity index (χ4n) is 2.56. The number of aliphatic hydroxyl groups is 1. The summed E-state index contributed by atoms with van der Waals surface area (Å²) in [7, 11) is 0. The highest BCUT2D eigenvalue weighted by atomic mass is 16.3. The highest BCUT2D eigenvalue weighted by molar-refractivity contribution is 5.31. The molecular formula is C19H25NO. The van der Waals surface area contributed by atoms with Gasteiger partial charge in [-0.05, 0) is 22.1 Å². The fourth-order valence-corrected chi connectivity index (χ4v) is 2.56. The first-order valence-corrected chi connectivity index (χ1v) is 7.47. The van der Waals surface area contributed by atoms with Crippen molar-refractivity contribution in [3.05, 3.63) is 71.3 Å². The van der Waals surface area contributed by atoms with Gasteiger partial charge >= 0.3 is 0 Å². The van der Waals surface area contributed by atoms with Crippen molar-refractivity contribution in [2.45, 2.75) is 38.2 Å². The predicted octanol–water partition coefficient (Wildman–Crippen LogP) is 3.76. The van der Waals surface area contributed by atoms with Crippen molar-refractivity contribution in [3.63, 3.8) is 0 Å². The Hall–Kier alpha value is -1.64. The van der Waals surface area contributed by atoms with Gasteiger partial charge < -0.3 is 10.8 Å². The van der Waals surface area contributed by atoms with Crippen molar-refractivity contribution >= 4 is 0 Å². The molecular weight excluding hydrogens is 258 g/mol. The molecule has 2 atom stereocenters. The molecule has 0 amide bonds. The molecule has 0 fully saturated rings. The standard InChI is InChI=1S/C19H25NO/c1-19(2,3)16-11-9-15(10-12-16)18(21)17(13-20)14-7-5-4-6-8-14/h4-12,17-18,21H,13,20H2,1-3H3.